The fraction of sp³-hybridized carbons (Fsp3) is 0.263. The van der Waals surface area contributed by atoms with Crippen molar-refractivity contribution in [1.82, 2.24) is 10.2 Å². The van der Waals surface area contributed by atoms with Crippen molar-refractivity contribution in [2.75, 3.05) is 32.2 Å². The van der Waals surface area contributed by atoms with Gasteiger partial charge in [-0.3, -0.25) is 9.79 Å². The SMILES string of the molecule is CN=C(NCC(=O)Nc1cccc(F)c1)N(C)Cc1ccc(SC)cc1.I. The molecule has 0 spiro atoms. The minimum Gasteiger partial charge on any atom is -0.347 e. The number of nitrogens with zero attached hydrogens (tertiary/aromatic N) is 2. The van der Waals surface area contributed by atoms with Gasteiger partial charge in [-0.15, -0.1) is 35.7 Å². The van der Waals surface area contributed by atoms with E-state index >= 15 is 0 Å². The average Bonchev–Trinajstić information content (AvgIpc) is 2.63. The lowest BCUT2D eigenvalue weighted by atomic mass is 10.2. The number of guanidine groups is 1. The Morgan fingerprint density at radius 2 is 1.93 bits per heavy atom. The van der Waals surface area contributed by atoms with E-state index in [1.165, 1.54) is 17.0 Å². The van der Waals surface area contributed by atoms with Gasteiger partial charge in [-0.25, -0.2) is 4.39 Å². The molecule has 0 aliphatic rings. The van der Waals surface area contributed by atoms with E-state index in [4.69, 9.17) is 0 Å². The fourth-order valence-electron chi connectivity index (χ4n) is 2.40. The molecule has 0 aromatic heterocycles. The van der Waals surface area contributed by atoms with Crippen LogP contribution in [0, 0.1) is 5.82 Å². The number of carbonyl (C=O) groups is 1. The number of halogens is 2. The number of hydrogen-bond donors (Lipinski definition) is 2. The van der Waals surface area contributed by atoms with Crippen molar-refractivity contribution < 1.29 is 9.18 Å². The molecule has 2 aromatic rings. The Labute approximate surface area is 180 Å². The molecule has 0 fully saturated rings. The molecule has 2 N–H and O–H groups in total. The lowest BCUT2D eigenvalue weighted by Crippen LogP contribution is -2.42. The summed E-state index contributed by atoms with van der Waals surface area (Å²) in [6.07, 6.45) is 2.04. The first-order valence-electron chi connectivity index (χ1n) is 8.12. The second kappa shape index (κ2) is 11.8. The number of benzene rings is 2. The van der Waals surface area contributed by atoms with Crippen LogP contribution in [0.1, 0.15) is 5.56 Å². The Balaban J connectivity index is 0.00000364. The number of hydrogen-bond acceptors (Lipinski definition) is 3. The largest absolute Gasteiger partial charge is 0.347 e. The zero-order valence-corrected chi connectivity index (χ0v) is 18.7. The molecule has 0 saturated carbocycles. The standard InChI is InChI=1S/C19H23FN4OS.HI/c1-21-19(24(2)13-14-7-9-17(26-3)10-8-14)22-12-18(25)23-16-6-4-5-15(20)11-16;/h4-11H,12-13H2,1-3H3,(H,21,22)(H,23,25);1H. The van der Waals surface area contributed by atoms with Crippen LogP contribution in [0.25, 0.3) is 0 Å². The minimum atomic E-state index is -0.390. The molecule has 146 valence electrons. The van der Waals surface area contributed by atoms with E-state index in [1.54, 1.807) is 30.9 Å². The first kappa shape index (κ1) is 23.2. The lowest BCUT2D eigenvalue weighted by Gasteiger charge is -2.22. The molecule has 0 saturated heterocycles. The van der Waals surface area contributed by atoms with Gasteiger partial charge >= 0.3 is 0 Å². The third kappa shape index (κ3) is 7.76. The zero-order chi connectivity index (χ0) is 18.9. The number of thioether (sulfide) groups is 1. The quantitative estimate of drug-likeness (QED) is 0.273. The molecule has 0 aliphatic heterocycles. The van der Waals surface area contributed by atoms with Gasteiger partial charge in [-0.05, 0) is 42.2 Å². The molecule has 0 unspecified atom stereocenters. The highest BCUT2D eigenvalue weighted by Crippen LogP contribution is 2.15. The zero-order valence-electron chi connectivity index (χ0n) is 15.5. The summed E-state index contributed by atoms with van der Waals surface area (Å²) in [6, 6.07) is 14.1. The molecular weight excluding hydrogens is 478 g/mol. The highest BCUT2D eigenvalue weighted by atomic mass is 127. The Bertz CT molecular complexity index is 771. The molecule has 5 nitrogen and oxygen atoms in total. The van der Waals surface area contributed by atoms with Crippen molar-refractivity contribution in [2.45, 2.75) is 11.4 Å². The van der Waals surface area contributed by atoms with E-state index in [-0.39, 0.29) is 36.4 Å². The summed E-state index contributed by atoms with van der Waals surface area (Å²) in [6.45, 7) is 0.707. The van der Waals surface area contributed by atoms with Crippen LogP contribution in [-0.4, -0.2) is 43.7 Å². The smallest absolute Gasteiger partial charge is 0.243 e. The molecule has 27 heavy (non-hydrogen) atoms. The van der Waals surface area contributed by atoms with Crippen molar-refractivity contribution in [2.24, 2.45) is 4.99 Å². The van der Waals surface area contributed by atoms with E-state index in [0.717, 1.165) is 5.56 Å². The summed E-state index contributed by atoms with van der Waals surface area (Å²) in [5, 5.41) is 5.66. The molecule has 0 atom stereocenters. The van der Waals surface area contributed by atoms with Crippen LogP contribution >= 0.6 is 35.7 Å². The van der Waals surface area contributed by atoms with Crippen molar-refractivity contribution in [3.63, 3.8) is 0 Å². The van der Waals surface area contributed by atoms with Crippen LogP contribution in [0.4, 0.5) is 10.1 Å². The predicted molar refractivity (Wildman–Crippen MR) is 121 cm³/mol. The molecule has 0 radical (unpaired) electrons. The average molecular weight is 502 g/mol. The van der Waals surface area contributed by atoms with Crippen molar-refractivity contribution in [1.29, 1.82) is 0 Å². The topological polar surface area (TPSA) is 56.7 Å². The Hall–Kier alpha value is -1.81. The number of aliphatic imine (C=N–C) groups is 1. The van der Waals surface area contributed by atoms with E-state index < -0.39 is 5.82 Å². The van der Waals surface area contributed by atoms with E-state index in [1.807, 2.05) is 18.2 Å². The van der Waals surface area contributed by atoms with Gasteiger partial charge in [0.05, 0.1) is 6.54 Å². The summed E-state index contributed by atoms with van der Waals surface area (Å²) in [5.41, 5.74) is 1.58. The number of anilines is 1. The predicted octanol–water partition coefficient (Wildman–Crippen LogP) is 3.81. The number of carbonyl (C=O) groups excluding carboxylic acids is 1. The van der Waals surface area contributed by atoms with Gasteiger partial charge < -0.3 is 15.5 Å². The lowest BCUT2D eigenvalue weighted by molar-refractivity contribution is -0.115. The van der Waals surface area contributed by atoms with Gasteiger partial charge in [0, 0.05) is 31.2 Å². The number of nitrogens with one attached hydrogen (secondary N) is 2. The maximum atomic E-state index is 13.2. The van der Waals surface area contributed by atoms with E-state index in [0.29, 0.717) is 18.2 Å². The van der Waals surface area contributed by atoms with Crippen LogP contribution < -0.4 is 10.6 Å². The molecule has 0 aliphatic carbocycles. The highest BCUT2D eigenvalue weighted by Gasteiger charge is 2.09. The van der Waals surface area contributed by atoms with Crippen molar-refractivity contribution in [3.05, 3.63) is 59.9 Å². The molecule has 0 heterocycles. The molecule has 2 rings (SSSR count). The normalized spacial score (nSPS) is 10.7. The number of rotatable bonds is 6. The van der Waals surface area contributed by atoms with Gasteiger partial charge in [0.15, 0.2) is 5.96 Å². The third-order valence-electron chi connectivity index (χ3n) is 3.67. The molecular formula is C19H24FIN4OS. The first-order chi connectivity index (χ1) is 12.5. The fourth-order valence-corrected chi connectivity index (χ4v) is 2.80. The molecule has 8 heteroatoms. The second-order valence-corrected chi connectivity index (χ2v) is 6.54. The summed E-state index contributed by atoms with van der Waals surface area (Å²) < 4.78 is 13.2. The van der Waals surface area contributed by atoms with Gasteiger partial charge in [0.2, 0.25) is 5.91 Å². The minimum absolute atomic E-state index is 0. The van der Waals surface area contributed by atoms with Gasteiger partial charge in [0.1, 0.15) is 5.82 Å². The monoisotopic (exact) mass is 502 g/mol. The van der Waals surface area contributed by atoms with Crippen LogP contribution in [0.5, 0.6) is 0 Å². The highest BCUT2D eigenvalue weighted by molar-refractivity contribution is 14.0. The van der Waals surface area contributed by atoms with Gasteiger partial charge in [0.25, 0.3) is 0 Å². The summed E-state index contributed by atoms with van der Waals surface area (Å²) >= 11 is 1.70. The van der Waals surface area contributed by atoms with Gasteiger partial charge in [-0.2, -0.15) is 0 Å². The Morgan fingerprint density at radius 3 is 2.52 bits per heavy atom. The third-order valence-corrected chi connectivity index (χ3v) is 4.41. The second-order valence-electron chi connectivity index (χ2n) is 5.66. The summed E-state index contributed by atoms with van der Waals surface area (Å²) in [7, 11) is 3.57. The molecule has 2 aromatic carbocycles. The summed E-state index contributed by atoms with van der Waals surface area (Å²) in [4.78, 5) is 19.4. The van der Waals surface area contributed by atoms with E-state index in [9.17, 15) is 9.18 Å². The van der Waals surface area contributed by atoms with Crippen LogP contribution in [0.15, 0.2) is 58.4 Å². The maximum absolute atomic E-state index is 13.2. The van der Waals surface area contributed by atoms with Crippen molar-refractivity contribution in [3.8, 4) is 0 Å². The van der Waals surface area contributed by atoms with Gasteiger partial charge in [-0.1, -0.05) is 18.2 Å². The molecule has 1 amide bonds. The number of amides is 1. The summed E-state index contributed by atoms with van der Waals surface area (Å²) in [5.74, 6) is -0.0541. The van der Waals surface area contributed by atoms with Crippen LogP contribution in [0.2, 0.25) is 0 Å². The maximum Gasteiger partial charge on any atom is 0.243 e. The van der Waals surface area contributed by atoms with E-state index in [2.05, 4.69) is 39.9 Å². The Morgan fingerprint density at radius 1 is 1.22 bits per heavy atom. The Kier molecular flexibility index (Phi) is 10.2. The van der Waals surface area contributed by atoms with Crippen molar-refractivity contribution >= 4 is 53.3 Å². The molecule has 0 bridgehead atoms. The first-order valence-corrected chi connectivity index (χ1v) is 9.34. The van der Waals surface area contributed by atoms with Crippen LogP contribution in [0.3, 0.4) is 0 Å². The van der Waals surface area contributed by atoms with Crippen LogP contribution in [-0.2, 0) is 11.3 Å².